The quantitative estimate of drug-likeness (QED) is 0.915. The number of hydrogen-bond acceptors (Lipinski definition) is 6. The Kier molecular flexibility index (Phi) is 3.41. The molecule has 1 saturated heterocycles. The van der Waals surface area contributed by atoms with E-state index in [9.17, 15) is 0 Å². The van der Waals surface area contributed by atoms with E-state index in [4.69, 9.17) is 9.97 Å². The van der Waals surface area contributed by atoms with Crippen molar-refractivity contribution in [2.24, 2.45) is 0 Å². The van der Waals surface area contributed by atoms with Gasteiger partial charge in [-0.05, 0) is 18.5 Å². The third-order valence-electron chi connectivity index (χ3n) is 3.27. The fraction of sp³-hybridized carbons (Fsp3) is 0.500. The Morgan fingerprint density at radius 2 is 2.33 bits per heavy atom. The van der Waals surface area contributed by atoms with Crippen molar-refractivity contribution < 1.29 is 0 Å². The molecule has 1 aliphatic heterocycles. The van der Waals surface area contributed by atoms with E-state index in [-0.39, 0.29) is 0 Å². The van der Waals surface area contributed by atoms with Crippen LogP contribution in [-0.2, 0) is 0 Å². The number of fused-ring (bicyclic) bond motifs is 1. The maximum absolute atomic E-state index is 4.73. The van der Waals surface area contributed by atoms with Gasteiger partial charge in [-0.3, -0.25) is 4.90 Å². The molecule has 2 aromatic heterocycles. The van der Waals surface area contributed by atoms with Crippen LogP contribution in [0.4, 0.5) is 5.82 Å². The number of aromatic nitrogens is 2. The topological polar surface area (TPSA) is 41.1 Å². The molecule has 2 aromatic rings. The first-order chi connectivity index (χ1) is 8.79. The molecule has 1 atom stereocenters. The number of thioether (sulfide) groups is 1. The van der Waals surface area contributed by atoms with E-state index in [0.29, 0.717) is 6.04 Å². The molecule has 4 nitrogen and oxygen atoms in total. The average molecular weight is 280 g/mol. The molecule has 18 heavy (non-hydrogen) atoms. The first kappa shape index (κ1) is 12.2. The summed E-state index contributed by atoms with van der Waals surface area (Å²) in [6.07, 6.45) is 0. The fourth-order valence-corrected chi connectivity index (χ4v) is 4.15. The summed E-state index contributed by atoms with van der Waals surface area (Å²) in [5.41, 5.74) is 0. The van der Waals surface area contributed by atoms with Crippen LogP contribution in [0.5, 0.6) is 0 Å². The zero-order chi connectivity index (χ0) is 12.5. The van der Waals surface area contributed by atoms with Crippen molar-refractivity contribution in [1.82, 2.24) is 14.9 Å². The van der Waals surface area contributed by atoms with Gasteiger partial charge in [0.15, 0.2) is 0 Å². The van der Waals surface area contributed by atoms with Gasteiger partial charge < -0.3 is 5.32 Å². The standard InChI is InChI=1S/C12H16N4S2/c1-13-10-8-3-5-18-12(8)15-11(14-10)9-7-17-6-4-16(9)2/h3,5,9H,4,6-7H2,1-2H3,(H,13,14,15). The van der Waals surface area contributed by atoms with E-state index in [1.54, 1.807) is 11.3 Å². The van der Waals surface area contributed by atoms with Crippen molar-refractivity contribution >= 4 is 39.1 Å². The van der Waals surface area contributed by atoms with Crippen molar-refractivity contribution in [3.63, 3.8) is 0 Å². The van der Waals surface area contributed by atoms with Gasteiger partial charge in [0.25, 0.3) is 0 Å². The van der Waals surface area contributed by atoms with Crippen LogP contribution in [0.1, 0.15) is 11.9 Å². The molecule has 0 aliphatic carbocycles. The number of nitrogens with one attached hydrogen (secondary N) is 1. The minimum absolute atomic E-state index is 0.336. The summed E-state index contributed by atoms with van der Waals surface area (Å²) in [5, 5.41) is 6.38. The first-order valence-electron chi connectivity index (χ1n) is 6.00. The van der Waals surface area contributed by atoms with Crippen LogP contribution in [-0.4, -0.2) is 47.0 Å². The Morgan fingerprint density at radius 1 is 1.44 bits per heavy atom. The lowest BCUT2D eigenvalue weighted by Gasteiger charge is -2.30. The Balaban J connectivity index is 2.05. The fourth-order valence-electron chi connectivity index (χ4n) is 2.17. The summed E-state index contributed by atoms with van der Waals surface area (Å²) in [6.45, 7) is 1.11. The number of nitrogens with zero attached hydrogens (tertiary/aromatic N) is 3. The molecule has 1 N–H and O–H groups in total. The third kappa shape index (κ3) is 2.08. The van der Waals surface area contributed by atoms with Gasteiger partial charge in [0.2, 0.25) is 0 Å². The maximum Gasteiger partial charge on any atom is 0.150 e. The highest BCUT2D eigenvalue weighted by Gasteiger charge is 2.24. The third-order valence-corrected chi connectivity index (χ3v) is 5.10. The van der Waals surface area contributed by atoms with Crippen molar-refractivity contribution in [3.8, 4) is 0 Å². The van der Waals surface area contributed by atoms with Crippen LogP contribution in [0.15, 0.2) is 11.4 Å². The first-order valence-corrected chi connectivity index (χ1v) is 8.04. The van der Waals surface area contributed by atoms with Crippen molar-refractivity contribution in [3.05, 3.63) is 17.3 Å². The lowest BCUT2D eigenvalue weighted by molar-refractivity contribution is 0.265. The van der Waals surface area contributed by atoms with E-state index in [2.05, 4.69) is 28.7 Å². The molecule has 1 unspecified atom stereocenters. The van der Waals surface area contributed by atoms with Gasteiger partial charge in [-0.1, -0.05) is 0 Å². The van der Waals surface area contributed by atoms with E-state index in [1.807, 2.05) is 18.8 Å². The van der Waals surface area contributed by atoms with Crippen molar-refractivity contribution in [2.45, 2.75) is 6.04 Å². The normalized spacial score (nSPS) is 21.3. The lowest BCUT2D eigenvalue weighted by atomic mass is 10.2. The summed E-state index contributed by atoms with van der Waals surface area (Å²) >= 11 is 3.66. The molecular formula is C12H16N4S2. The minimum atomic E-state index is 0.336. The number of thiophene rings is 1. The number of hydrogen-bond donors (Lipinski definition) is 1. The average Bonchev–Trinajstić information content (AvgIpc) is 2.86. The van der Waals surface area contributed by atoms with Crippen LogP contribution in [0.25, 0.3) is 10.2 Å². The molecule has 1 fully saturated rings. The minimum Gasteiger partial charge on any atom is -0.372 e. The molecule has 96 valence electrons. The van der Waals surface area contributed by atoms with Crippen molar-refractivity contribution in [2.75, 3.05) is 37.5 Å². The highest BCUT2D eigenvalue weighted by atomic mass is 32.2. The largest absolute Gasteiger partial charge is 0.372 e. The molecule has 0 radical (unpaired) electrons. The Labute approximate surface area is 115 Å². The van der Waals surface area contributed by atoms with Gasteiger partial charge in [-0.2, -0.15) is 11.8 Å². The Hall–Kier alpha value is -0.850. The summed E-state index contributed by atoms with van der Waals surface area (Å²) in [5.74, 6) is 4.17. The molecule has 1 aliphatic rings. The molecule has 6 heteroatoms. The lowest BCUT2D eigenvalue weighted by Crippen LogP contribution is -2.33. The number of anilines is 1. The van der Waals surface area contributed by atoms with Crippen LogP contribution in [0, 0.1) is 0 Å². The van der Waals surface area contributed by atoms with Crippen LogP contribution in [0.3, 0.4) is 0 Å². The highest BCUT2D eigenvalue weighted by Crippen LogP contribution is 2.30. The zero-order valence-electron chi connectivity index (χ0n) is 10.5. The van der Waals surface area contributed by atoms with Gasteiger partial charge in [0.1, 0.15) is 16.5 Å². The second kappa shape index (κ2) is 5.03. The molecule has 0 amide bonds. The molecule has 0 saturated carbocycles. The predicted octanol–water partition coefficient (Wildman–Crippen LogP) is 2.45. The molecule has 3 heterocycles. The monoisotopic (exact) mass is 280 g/mol. The number of rotatable bonds is 2. The molecule has 0 spiro atoms. The second-order valence-corrected chi connectivity index (χ2v) is 6.44. The summed E-state index contributed by atoms with van der Waals surface area (Å²) in [4.78, 5) is 12.9. The van der Waals surface area contributed by atoms with E-state index < -0.39 is 0 Å². The van der Waals surface area contributed by atoms with Gasteiger partial charge in [-0.25, -0.2) is 9.97 Å². The van der Waals surface area contributed by atoms with E-state index in [0.717, 1.165) is 34.2 Å². The highest BCUT2D eigenvalue weighted by molar-refractivity contribution is 7.99. The van der Waals surface area contributed by atoms with Crippen LogP contribution >= 0.6 is 23.1 Å². The van der Waals surface area contributed by atoms with Gasteiger partial charge >= 0.3 is 0 Å². The van der Waals surface area contributed by atoms with E-state index in [1.165, 1.54) is 5.75 Å². The molecular weight excluding hydrogens is 264 g/mol. The SMILES string of the molecule is CNc1nc(C2CSCCN2C)nc2sccc12. The maximum atomic E-state index is 4.73. The molecule has 0 aromatic carbocycles. The van der Waals surface area contributed by atoms with Gasteiger partial charge in [-0.15, -0.1) is 11.3 Å². The smallest absolute Gasteiger partial charge is 0.150 e. The van der Waals surface area contributed by atoms with Gasteiger partial charge in [0.05, 0.1) is 11.4 Å². The summed E-state index contributed by atoms with van der Waals surface area (Å²) < 4.78 is 0. The second-order valence-electron chi connectivity index (χ2n) is 4.39. The van der Waals surface area contributed by atoms with Crippen LogP contribution < -0.4 is 5.32 Å². The summed E-state index contributed by atoms with van der Waals surface area (Å²) in [7, 11) is 4.08. The van der Waals surface area contributed by atoms with Gasteiger partial charge in [0, 0.05) is 25.1 Å². The molecule has 0 bridgehead atoms. The zero-order valence-corrected chi connectivity index (χ0v) is 12.1. The van der Waals surface area contributed by atoms with Crippen molar-refractivity contribution in [1.29, 1.82) is 0 Å². The predicted molar refractivity (Wildman–Crippen MR) is 79.7 cm³/mol. The summed E-state index contributed by atoms with van der Waals surface area (Å²) in [6, 6.07) is 2.41. The Morgan fingerprint density at radius 3 is 3.11 bits per heavy atom. The van der Waals surface area contributed by atoms with E-state index >= 15 is 0 Å². The Bertz CT molecular complexity index is 554. The van der Waals surface area contributed by atoms with Crippen LogP contribution in [0.2, 0.25) is 0 Å². The molecule has 3 rings (SSSR count).